The van der Waals surface area contributed by atoms with Crippen LogP contribution in [0.25, 0.3) is 0 Å². The van der Waals surface area contributed by atoms with Crippen LogP contribution in [0.2, 0.25) is 0 Å². The highest BCUT2D eigenvalue weighted by Gasteiger charge is 2.42. The quantitative estimate of drug-likeness (QED) is 0.644. The van der Waals surface area contributed by atoms with Gasteiger partial charge in [0.25, 0.3) is 0 Å². The highest BCUT2D eigenvalue weighted by molar-refractivity contribution is 5.76. The molecule has 3 rings (SSSR count). The van der Waals surface area contributed by atoms with Crippen molar-refractivity contribution in [1.82, 2.24) is 15.1 Å². The maximum absolute atomic E-state index is 12.0. The van der Waals surface area contributed by atoms with Gasteiger partial charge in [-0.25, -0.2) is 0 Å². The highest BCUT2D eigenvalue weighted by atomic mass is 16.6. The number of fused-ring (bicyclic) bond motifs is 2. The number of nitrogens with zero attached hydrogens (tertiary/aromatic N) is 3. The first-order valence-electron chi connectivity index (χ1n) is 7.99. The third-order valence-corrected chi connectivity index (χ3v) is 5.22. The van der Waals surface area contributed by atoms with E-state index in [1.54, 1.807) is 0 Å². The minimum absolute atomic E-state index is 0.00609. The summed E-state index contributed by atoms with van der Waals surface area (Å²) in [6.07, 6.45) is 8.11. The van der Waals surface area contributed by atoms with E-state index < -0.39 is 4.92 Å². The lowest BCUT2D eigenvalue weighted by Gasteiger charge is -2.28. The molecule has 7 nitrogen and oxygen atoms in total. The number of hydrogen-bond donors (Lipinski definition) is 1. The first-order chi connectivity index (χ1) is 10.5. The molecule has 0 saturated heterocycles. The van der Waals surface area contributed by atoms with E-state index in [9.17, 15) is 14.9 Å². The van der Waals surface area contributed by atoms with Gasteiger partial charge in [0.2, 0.25) is 5.91 Å². The van der Waals surface area contributed by atoms with Crippen molar-refractivity contribution in [1.29, 1.82) is 0 Å². The van der Waals surface area contributed by atoms with E-state index in [-0.39, 0.29) is 17.6 Å². The van der Waals surface area contributed by atoms with Gasteiger partial charge >= 0.3 is 5.69 Å². The van der Waals surface area contributed by atoms with Crippen LogP contribution in [0.4, 0.5) is 5.69 Å². The molecule has 0 aliphatic heterocycles. The predicted octanol–water partition coefficient (Wildman–Crippen LogP) is 2.12. The van der Waals surface area contributed by atoms with Gasteiger partial charge in [-0.15, -0.1) is 0 Å². The number of rotatable bonds is 6. The van der Waals surface area contributed by atoms with Crippen molar-refractivity contribution >= 4 is 11.6 Å². The number of nitro groups is 1. The monoisotopic (exact) mass is 306 g/mol. The number of carbonyl (C=O) groups is 1. The lowest BCUT2D eigenvalue weighted by molar-refractivity contribution is -0.385. The molecular weight excluding hydrogens is 284 g/mol. The van der Waals surface area contributed by atoms with E-state index >= 15 is 0 Å². The van der Waals surface area contributed by atoms with Crippen molar-refractivity contribution in [3.05, 3.63) is 22.5 Å². The van der Waals surface area contributed by atoms with Gasteiger partial charge in [-0.2, -0.15) is 5.10 Å². The van der Waals surface area contributed by atoms with Crippen LogP contribution >= 0.6 is 0 Å². The van der Waals surface area contributed by atoms with Crippen molar-refractivity contribution in [2.45, 2.75) is 51.6 Å². The van der Waals surface area contributed by atoms with E-state index in [4.69, 9.17) is 0 Å². The van der Waals surface area contributed by atoms with Crippen LogP contribution in [0.3, 0.4) is 0 Å². The van der Waals surface area contributed by atoms with Gasteiger partial charge in [0.05, 0.1) is 4.92 Å². The first-order valence-corrected chi connectivity index (χ1v) is 7.99. The van der Waals surface area contributed by atoms with Gasteiger partial charge in [0, 0.05) is 19.0 Å². The van der Waals surface area contributed by atoms with Gasteiger partial charge < -0.3 is 5.32 Å². The predicted molar refractivity (Wildman–Crippen MR) is 80.0 cm³/mol. The molecule has 7 heteroatoms. The molecule has 120 valence electrons. The second kappa shape index (κ2) is 6.06. The smallest absolute Gasteiger partial charge is 0.306 e. The zero-order valence-electron chi connectivity index (χ0n) is 12.8. The number of carbonyl (C=O) groups excluding carboxylic acids is 1. The number of hydrogen-bond acceptors (Lipinski definition) is 4. The summed E-state index contributed by atoms with van der Waals surface area (Å²) in [4.78, 5) is 22.1. The van der Waals surface area contributed by atoms with E-state index in [2.05, 4.69) is 17.3 Å². The van der Waals surface area contributed by atoms with E-state index in [1.807, 2.05) is 0 Å². The molecule has 4 atom stereocenters. The summed E-state index contributed by atoms with van der Waals surface area (Å²) >= 11 is 0. The molecule has 2 aliphatic rings. The van der Waals surface area contributed by atoms with Gasteiger partial charge in [0.1, 0.15) is 12.4 Å². The second-order valence-electron chi connectivity index (χ2n) is 6.66. The number of nitrogens with one attached hydrogen (secondary N) is 1. The molecule has 1 heterocycles. The van der Waals surface area contributed by atoms with Gasteiger partial charge in [-0.05, 0) is 43.9 Å². The molecule has 1 aromatic rings. The lowest BCUT2D eigenvalue weighted by atomic mass is 9.84. The van der Waals surface area contributed by atoms with Crippen molar-refractivity contribution in [3.63, 3.8) is 0 Å². The molecular formula is C15H22N4O3. The average molecular weight is 306 g/mol. The Hall–Kier alpha value is -1.92. The lowest BCUT2D eigenvalue weighted by Crippen LogP contribution is -2.40. The van der Waals surface area contributed by atoms with Gasteiger partial charge in [0.15, 0.2) is 0 Å². The Morgan fingerprint density at radius 2 is 2.36 bits per heavy atom. The van der Waals surface area contributed by atoms with Crippen LogP contribution in [0.5, 0.6) is 0 Å². The SMILES string of the molecule is C[C@@H](NC(=O)CCn1cc([N+](=O)[O-])cn1)[C@@H]1C[C@@H]2CC[C@@H]1C2. The van der Waals surface area contributed by atoms with Gasteiger partial charge in [-0.3, -0.25) is 19.6 Å². The fourth-order valence-corrected chi connectivity index (χ4v) is 4.12. The third kappa shape index (κ3) is 3.13. The molecule has 2 fully saturated rings. The van der Waals surface area contributed by atoms with E-state index in [0.29, 0.717) is 18.9 Å². The molecule has 22 heavy (non-hydrogen) atoms. The Bertz CT molecular complexity index is 571. The average Bonchev–Trinajstić information content (AvgIpc) is 3.20. The van der Waals surface area contributed by atoms with Crippen LogP contribution in [0.15, 0.2) is 12.4 Å². The number of amides is 1. The Morgan fingerprint density at radius 1 is 1.55 bits per heavy atom. The molecule has 2 bridgehead atoms. The molecule has 0 radical (unpaired) electrons. The van der Waals surface area contributed by atoms with Gasteiger partial charge in [-0.1, -0.05) is 6.42 Å². The van der Waals surface area contributed by atoms with Crippen molar-refractivity contribution in [2.75, 3.05) is 0 Å². The van der Waals surface area contributed by atoms with Crippen LogP contribution in [0, 0.1) is 27.9 Å². The largest absolute Gasteiger partial charge is 0.353 e. The molecule has 0 aromatic carbocycles. The Labute approximate surface area is 129 Å². The zero-order valence-corrected chi connectivity index (χ0v) is 12.8. The molecule has 1 N–H and O–H groups in total. The summed E-state index contributed by atoms with van der Waals surface area (Å²) in [5.74, 6) is 2.27. The van der Waals surface area contributed by atoms with Crippen molar-refractivity contribution < 1.29 is 9.72 Å². The molecule has 0 unspecified atom stereocenters. The highest BCUT2D eigenvalue weighted by Crippen LogP contribution is 2.49. The normalized spacial score (nSPS) is 27.8. The minimum atomic E-state index is -0.485. The van der Waals surface area contributed by atoms with E-state index in [1.165, 1.54) is 42.8 Å². The first kappa shape index (κ1) is 15.0. The minimum Gasteiger partial charge on any atom is -0.353 e. The van der Waals surface area contributed by atoms with Crippen molar-refractivity contribution in [3.8, 4) is 0 Å². The molecule has 1 amide bonds. The summed E-state index contributed by atoms with van der Waals surface area (Å²) in [7, 11) is 0. The summed E-state index contributed by atoms with van der Waals surface area (Å²) < 4.78 is 1.44. The van der Waals surface area contributed by atoms with Crippen LogP contribution in [0.1, 0.15) is 39.0 Å². The molecule has 2 saturated carbocycles. The molecule has 2 aliphatic carbocycles. The van der Waals surface area contributed by atoms with Crippen LogP contribution in [-0.2, 0) is 11.3 Å². The van der Waals surface area contributed by atoms with E-state index in [0.717, 1.165) is 11.8 Å². The summed E-state index contributed by atoms with van der Waals surface area (Å²) in [6.45, 7) is 2.46. The van der Waals surface area contributed by atoms with Crippen LogP contribution in [-0.4, -0.2) is 26.7 Å². The maximum atomic E-state index is 12.0. The second-order valence-corrected chi connectivity index (χ2v) is 6.66. The molecule has 0 spiro atoms. The standard InChI is InChI=1S/C15H22N4O3/c1-10(14-7-11-2-3-12(14)6-11)17-15(20)4-5-18-9-13(8-16-18)19(21)22/h8-12,14H,2-7H2,1H3,(H,17,20)/t10-,11-,12-,14+/m1/s1. The summed E-state index contributed by atoms with van der Waals surface area (Å²) in [6, 6.07) is 0.217. The maximum Gasteiger partial charge on any atom is 0.306 e. The fraction of sp³-hybridized carbons (Fsp3) is 0.733. The Kier molecular flexibility index (Phi) is 4.13. The topological polar surface area (TPSA) is 90.1 Å². The Morgan fingerprint density at radius 3 is 2.95 bits per heavy atom. The summed E-state index contributed by atoms with van der Waals surface area (Å²) in [5, 5.41) is 17.6. The third-order valence-electron chi connectivity index (χ3n) is 5.22. The number of aromatic nitrogens is 2. The zero-order chi connectivity index (χ0) is 15.7. The fourth-order valence-electron chi connectivity index (χ4n) is 4.12. The summed E-state index contributed by atoms with van der Waals surface area (Å²) in [5.41, 5.74) is -0.0456. The molecule has 1 aromatic heterocycles. The van der Waals surface area contributed by atoms with Crippen LogP contribution < -0.4 is 5.32 Å². The van der Waals surface area contributed by atoms with Crippen molar-refractivity contribution in [2.24, 2.45) is 17.8 Å². The number of aryl methyl sites for hydroxylation is 1. The Balaban J connectivity index is 1.45.